The van der Waals surface area contributed by atoms with E-state index in [2.05, 4.69) is 0 Å². The fourth-order valence-corrected chi connectivity index (χ4v) is 2.12. The zero-order valence-corrected chi connectivity index (χ0v) is 9.55. The highest BCUT2D eigenvalue weighted by atomic mass is 19.1. The van der Waals surface area contributed by atoms with Gasteiger partial charge in [-0.15, -0.1) is 0 Å². The molecular formula is C12H16FNO2. The summed E-state index contributed by atoms with van der Waals surface area (Å²) in [5.41, 5.74) is 6.39. The number of hydrogen-bond donors (Lipinski definition) is 1. The Morgan fingerprint density at radius 2 is 2.00 bits per heavy atom. The summed E-state index contributed by atoms with van der Waals surface area (Å²) in [6.45, 7) is 0.489. The number of ether oxygens (including phenoxy) is 2. The van der Waals surface area contributed by atoms with E-state index < -0.39 is 0 Å². The molecule has 0 unspecified atom stereocenters. The first-order chi connectivity index (χ1) is 7.68. The van der Waals surface area contributed by atoms with Crippen molar-refractivity contribution in [2.75, 3.05) is 20.8 Å². The Morgan fingerprint density at radius 1 is 1.31 bits per heavy atom. The molecule has 0 aliphatic heterocycles. The lowest BCUT2D eigenvalue weighted by atomic mass is 9.94. The van der Waals surface area contributed by atoms with E-state index in [4.69, 9.17) is 15.2 Å². The van der Waals surface area contributed by atoms with Crippen LogP contribution >= 0.6 is 0 Å². The fraction of sp³-hybridized carbons (Fsp3) is 0.500. The largest absolute Gasteiger partial charge is 0.496 e. The van der Waals surface area contributed by atoms with Gasteiger partial charge < -0.3 is 15.2 Å². The number of hydrogen-bond acceptors (Lipinski definition) is 3. The van der Waals surface area contributed by atoms with Gasteiger partial charge in [-0.1, -0.05) is 0 Å². The minimum atomic E-state index is -0.363. The first kappa shape index (κ1) is 11.2. The van der Waals surface area contributed by atoms with Crippen LogP contribution in [0, 0.1) is 5.82 Å². The number of nitrogens with two attached hydrogens (primary N) is 1. The Bertz CT molecular complexity index is 402. The van der Waals surface area contributed by atoms with Gasteiger partial charge >= 0.3 is 0 Å². The van der Waals surface area contributed by atoms with Gasteiger partial charge in [0, 0.05) is 17.5 Å². The van der Waals surface area contributed by atoms with Crippen molar-refractivity contribution in [2.24, 2.45) is 5.73 Å². The molecule has 4 heteroatoms. The lowest BCUT2D eigenvalue weighted by molar-refractivity contribution is 0.358. The third-order valence-electron chi connectivity index (χ3n) is 3.27. The highest BCUT2D eigenvalue weighted by molar-refractivity contribution is 5.53. The Hall–Kier alpha value is -1.29. The van der Waals surface area contributed by atoms with E-state index in [1.54, 1.807) is 13.2 Å². The lowest BCUT2D eigenvalue weighted by Gasteiger charge is -2.20. The van der Waals surface area contributed by atoms with Crippen molar-refractivity contribution in [3.05, 3.63) is 23.5 Å². The minimum absolute atomic E-state index is 0.154. The third kappa shape index (κ3) is 1.53. The second-order valence-corrected chi connectivity index (χ2v) is 4.14. The van der Waals surface area contributed by atoms with E-state index >= 15 is 0 Å². The quantitative estimate of drug-likeness (QED) is 0.850. The minimum Gasteiger partial charge on any atom is -0.496 e. The Balaban J connectivity index is 2.59. The van der Waals surface area contributed by atoms with Gasteiger partial charge in [-0.2, -0.15) is 0 Å². The molecule has 0 spiro atoms. The second-order valence-electron chi connectivity index (χ2n) is 4.14. The van der Waals surface area contributed by atoms with Crippen LogP contribution in [-0.4, -0.2) is 20.8 Å². The lowest BCUT2D eigenvalue weighted by Crippen LogP contribution is -2.21. The Kier molecular flexibility index (Phi) is 2.76. The molecular weight excluding hydrogens is 209 g/mol. The summed E-state index contributed by atoms with van der Waals surface area (Å²) < 4.78 is 24.0. The van der Waals surface area contributed by atoms with E-state index in [-0.39, 0.29) is 17.0 Å². The van der Waals surface area contributed by atoms with E-state index in [1.807, 2.05) is 0 Å². The molecule has 88 valence electrons. The van der Waals surface area contributed by atoms with Crippen molar-refractivity contribution < 1.29 is 13.9 Å². The van der Waals surface area contributed by atoms with Crippen LogP contribution in [0.5, 0.6) is 11.5 Å². The molecule has 1 saturated carbocycles. The summed E-state index contributed by atoms with van der Waals surface area (Å²) in [6, 6.07) is 2.98. The fourth-order valence-electron chi connectivity index (χ4n) is 2.12. The summed E-state index contributed by atoms with van der Waals surface area (Å²) >= 11 is 0. The summed E-state index contributed by atoms with van der Waals surface area (Å²) in [6.07, 6.45) is 1.92. The molecule has 0 bridgehead atoms. The second kappa shape index (κ2) is 3.94. The van der Waals surface area contributed by atoms with Gasteiger partial charge in [-0.3, -0.25) is 0 Å². The van der Waals surface area contributed by atoms with E-state index in [1.165, 1.54) is 13.2 Å². The average molecular weight is 225 g/mol. The van der Waals surface area contributed by atoms with Crippen molar-refractivity contribution in [1.82, 2.24) is 0 Å². The van der Waals surface area contributed by atoms with Gasteiger partial charge in [0.15, 0.2) is 11.6 Å². The molecule has 0 heterocycles. The standard InChI is InChI=1S/C12H16FNO2/c1-15-9-4-3-8(13)11(16-2)10(9)12(7-14)5-6-12/h3-4H,5-7,14H2,1-2H3. The van der Waals surface area contributed by atoms with Gasteiger partial charge in [0.2, 0.25) is 0 Å². The first-order valence-electron chi connectivity index (χ1n) is 5.29. The van der Waals surface area contributed by atoms with Crippen molar-refractivity contribution in [2.45, 2.75) is 18.3 Å². The van der Waals surface area contributed by atoms with E-state index in [9.17, 15) is 4.39 Å². The first-order valence-corrected chi connectivity index (χ1v) is 5.29. The predicted octanol–water partition coefficient (Wildman–Crippen LogP) is 1.83. The Labute approximate surface area is 94.3 Å². The Morgan fingerprint density at radius 3 is 2.44 bits per heavy atom. The van der Waals surface area contributed by atoms with Crippen molar-refractivity contribution >= 4 is 0 Å². The molecule has 0 aromatic heterocycles. The van der Waals surface area contributed by atoms with Gasteiger partial charge in [-0.05, 0) is 25.0 Å². The average Bonchev–Trinajstić information content (AvgIpc) is 3.09. The van der Waals surface area contributed by atoms with Gasteiger partial charge in [0.05, 0.1) is 14.2 Å². The van der Waals surface area contributed by atoms with Crippen LogP contribution in [0.25, 0.3) is 0 Å². The van der Waals surface area contributed by atoms with Crippen LogP contribution in [0.2, 0.25) is 0 Å². The smallest absolute Gasteiger partial charge is 0.165 e. The zero-order valence-electron chi connectivity index (χ0n) is 9.55. The molecule has 0 amide bonds. The van der Waals surface area contributed by atoms with Crippen molar-refractivity contribution in [1.29, 1.82) is 0 Å². The maximum Gasteiger partial charge on any atom is 0.165 e. The highest BCUT2D eigenvalue weighted by Gasteiger charge is 2.47. The molecule has 2 rings (SSSR count). The van der Waals surface area contributed by atoms with Crippen LogP contribution < -0.4 is 15.2 Å². The van der Waals surface area contributed by atoms with Crippen molar-refractivity contribution in [3.63, 3.8) is 0 Å². The summed E-state index contributed by atoms with van der Waals surface area (Å²) in [5.74, 6) is 0.557. The molecule has 3 nitrogen and oxygen atoms in total. The summed E-state index contributed by atoms with van der Waals surface area (Å²) in [7, 11) is 3.04. The van der Waals surface area contributed by atoms with Crippen LogP contribution in [0.1, 0.15) is 18.4 Å². The molecule has 1 aliphatic rings. The van der Waals surface area contributed by atoms with Crippen LogP contribution in [0.15, 0.2) is 12.1 Å². The molecule has 1 aromatic carbocycles. The summed E-state index contributed by atoms with van der Waals surface area (Å²) in [5, 5.41) is 0. The van der Waals surface area contributed by atoms with Crippen molar-refractivity contribution in [3.8, 4) is 11.5 Å². The van der Waals surface area contributed by atoms with Crippen LogP contribution in [0.3, 0.4) is 0 Å². The number of benzene rings is 1. The van der Waals surface area contributed by atoms with Crippen LogP contribution in [0.4, 0.5) is 4.39 Å². The molecule has 0 atom stereocenters. The monoisotopic (exact) mass is 225 g/mol. The maximum atomic E-state index is 13.6. The molecule has 1 aromatic rings. The third-order valence-corrected chi connectivity index (χ3v) is 3.27. The normalized spacial score (nSPS) is 17.0. The molecule has 2 N–H and O–H groups in total. The number of rotatable bonds is 4. The zero-order chi connectivity index (χ0) is 11.8. The van der Waals surface area contributed by atoms with Gasteiger partial charge in [0.25, 0.3) is 0 Å². The molecule has 16 heavy (non-hydrogen) atoms. The van der Waals surface area contributed by atoms with E-state index in [0.29, 0.717) is 12.3 Å². The highest BCUT2D eigenvalue weighted by Crippen LogP contribution is 2.54. The number of methoxy groups -OCH3 is 2. The number of halogens is 1. The molecule has 0 saturated heterocycles. The molecule has 1 aliphatic carbocycles. The maximum absolute atomic E-state index is 13.6. The molecule has 0 radical (unpaired) electrons. The van der Waals surface area contributed by atoms with Gasteiger partial charge in [0.1, 0.15) is 5.75 Å². The van der Waals surface area contributed by atoms with Gasteiger partial charge in [-0.25, -0.2) is 4.39 Å². The van der Waals surface area contributed by atoms with E-state index in [0.717, 1.165) is 18.4 Å². The SMILES string of the molecule is COc1ccc(F)c(OC)c1C1(CN)CC1. The molecule has 1 fully saturated rings. The van der Waals surface area contributed by atoms with Crippen LogP contribution in [-0.2, 0) is 5.41 Å². The predicted molar refractivity (Wildman–Crippen MR) is 59.5 cm³/mol. The summed E-state index contributed by atoms with van der Waals surface area (Å²) in [4.78, 5) is 0. The topological polar surface area (TPSA) is 44.5 Å².